The van der Waals surface area contributed by atoms with E-state index in [0.29, 0.717) is 0 Å². The van der Waals surface area contributed by atoms with Crippen molar-refractivity contribution in [3.63, 3.8) is 0 Å². The molecule has 1 heterocycles. The third kappa shape index (κ3) is 3.17. The van der Waals surface area contributed by atoms with Crippen LogP contribution in [0.1, 0.15) is 11.1 Å². The van der Waals surface area contributed by atoms with E-state index in [-0.39, 0.29) is 0 Å². The van der Waals surface area contributed by atoms with Crippen LogP contribution in [-0.4, -0.2) is 18.2 Å². The Kier molecular flexibility index (Phi) is 4.37. The summed E-state index contributed by atoms with van der Waals surface area (Å²) < 4.78 is 2.40. The minimum absolute atomic E-state index is 1.02. The Morgan fingerprint density at radius 1 is 0.905 bits per heavy atom. The van der Waals surface area contributed by atoms with Crippen molar-refractivity contribution < 1.29 is 0 Å². The molecule has 0 aliphatic rings. The molecule has 0 unspecified atom stereocenters. The lowest BCUT2D eigenvalue weighted by molar-refractivity contribution is 0.716. The van der Waals surface area contributed by atoms with Gasteiger partial charge in [0.2, 0.25) is 0 Å². The molecule has 0 fully saturated rings. The number of fused-ring (bicyclic) bond motifs is 1. The van der Waals surface area contributed by atoms with E-state index in [0.717, 1.165) is 25.9 Å². The van der Waals surface area contributed by atoms with Gasteiger partial charge in [0.1, 0.15) is 0 Å². The Morgan fingerprint density at radius 3 is 2.48 bits per heavy atom. The van der Waals surface area contributed by atoms with Crippen LogP contribution in [0.25, 0.3) is 10.9 Å². The minimum atomic E-state index is 1.02. The summed E-state index contributed by atoms with van der Waals surface area (Å²) in [7, 11) is 2.01. The van der Waals surface area contributed by atoms with Gasteiger partial charge in [-0.3, -0.25) is 0 Å². The highest BCUT2D eigenvalue weighted by atomic mass is 15.0. The van der Waals surface area contributed by atoms with Crippen LogP contribution in [-0.2, 0) is 19.4 Å². The molecule has 0 radical (unpaired) electrons. The molecule has 1 aromatic heterocycles. The maximum atomic E-state index is 3.24. The predicted octanol–water partition coefficient (Wildman–Crippen LogP) is 3.65. The van der Waals surface area contributed by atoms with Gasteiger partial charge >= 0.3 is 0 Å². The lowest BCUT2D eigenvalue weighted by atomic mass is 10.1. The summed E-state index contributed by atoms with van der Waals surface area (Å²) in [6, 6.07) is 19.4. The van der Waals surface area contributed by atoms with Gasteiger partial charge in [0.25, 0.3) is 0 Å². The normalized spacial score (nSPS) is 11.1. The third-order valence-electron chi connectivity index (χ3n) is 4.00. The predicted molar refractivity (Wildman–Crippen MR) is 89.7 cm³/mol. The van der Waals surface area contributed by atoms with Crippen LogP contribution in [0.2, 0.25) is 0 Å². The van der Waals surface area contributed by atoms with E-state index in [9.17, 15) is 0 Å². The molecule has 0 bridgehead atoms. The van der Waals surface area contributed by atoms with Crippen molar-refractivity contribution in [3.8, 4) is 0 Å². The number of rotatable bonds is 6. The summed E-state index contributed by atoms with van der Waals surface area (Å²) in [6.45, 7) is 2.05. The standard InChI is InChI=1S/C19H22N2/c1-20-13-11-17-15-21(19-10-6-5-9-18(17)19)14-12-16-7-3-2-4-8-16/h2-10,15,20H,11-14H2,1H3. The van der Waals surface area contributed by atoms with Gasteiger partial charge in [0, 0.05) is 23.6 Å². The second-order valence-corrected chi connectivity index (χ2v) is 5.45. The Balaban J connectivity index is 1.84. The number of likely N-dealkylation sites (N-methyl/N-ethyl adjacent to an activating group) is 1. The molecule has 2 nitrogen and oxygen atoms in total. The highest BCUT2D eigenvalue weighted by Crippen LogP contribution is 2.22. The largest absolute Gasteiger partial charge is 0.347 e. The molecule has 0 saturated heterocycles. The van der Waals surface area contributed by atoms with E-state index in [1.54, 1.807) is 0 Å². The van der Waals surface area contributed by atoms with E-state index < -0.39 is 0 Å². The molecule has 2 aromatic carbocycles. The average Bonchev–Trinajstić information content (AvgIpc) is 2.90. The molecule has 0 atom stereocenters. The Hall–Kier alpha value is -2.06. The second-order valence-electron chi connectivity index (χ2n) is 5.45. The fourth-order valence-corrected chi connectivity index (χ4v) is 2.86. The topological polar surface area (TPSA) is 17.0 Å². The number of para-hydroxylation sites is 1. The molecule has 1 N–H and O–H groups in total. The quantitative estimate of drug-likeness (QED) is 0.728. The van der Waals surface area contributed by atoms with Gasteiger partial charge in [-0.1, -0.05) is 48.5 Å². The van der Waals surface area contributed by atoms with Crippen molar-refractivity contribution in [3.05, 3.63) is 71.9 Å². The molecule has 0 aliphatic carbocycles. The van der Waals surface area contributed by atoms with Crippen LogP contribution in [0.5, 0.6) is 0 Å². The number of nitrogens with zero attached hydrogens (tertiary/aromatic N) is 1. The summed E-state index contributed by atoms with van der Waals surface area (Å²) in [5.41, 5.74) is 4.18. The molecule has 0 saturated carbocycles. The molecule has 21 heavy (non-hydrogen) atoms. The zero-order valence-corrected chi connectivity index (χ0v) is 12.5. The van der Waals surface area contributed by atoms with Gasteiger partial charge in [-0.2, -0.15) is 0 Å². The van der Waals surface area contributed by atoms with E-state index >= 15 is 0 Å². The first kappa shape index (κ1) is 13.9. The highest BCUT2D eigenvalue weighted by Gasteiger charge is 2.07. The number of nitrogens with one attached hydrogen (secondary N) is 1. The summed E-state index contributed by atoms with van der Waals surface area (Å²) in [5.74, 6) is 0. The van der Waals surface area contributed by atoms with Crippen molar-refractivity contribution in [2.24, 2.45) is 0 Å². The fourth-order valence-electron chi connectivity index (χ4n) is 2.86. The maximum absolute atomic E-state index is 3.24. The van der Waals surface area contributed by atoms with Gasteiger partial charge in [-0.25, -0.2) is 0 Å². The SMILES string of the molecule is CNCCc1cn(CCc2ccccc2)c2ccccc12. The Labute approximate surface area is 126 Å². The van der Waals surface area contributed by atoms with Crippen LogP contribution in [0.4, 0.5) is 0 Å². The first-order valence-electron chi connectivity index (χ1n) is 7.64. The van der Waals surface area contributed by atoms with Crippen LogP contribution in [0, 0.1) is 0 Å². The van der Waals surface area contributed by atoms with Gasteiger partial charge in [-0.05, 0) is 43.6 Å². The molecule has 0 amide bonds. The molecule has 2 heteroatoms. The molecule has 0 aliphatic heterocycles. The van der Waals surface area contributed by atoms with Crippen LogP contribution in [0.3, 0.4) is 0 Å². The number of hydrogen-bond acceptors (Lipinski definition) is 1. The van der Waals surface area contributed by atoms with E-state index in [1.165, 1.54) is 22.0 Å². The summed E-state index contributed by atoms with van der Waals surface area (Å²) in [6.07, 6.45) is 4.48. The summed E-state index contributed by atoms with van der Waals surface area (Å²) >= 11 is 0. The Morgan fingerprint density at radius 2 is 1.67 bits per heavy atom. The van der Waals surface area contributed by atoms with Crippen LogP contribution >= 0.6 is 0 Å². The first-order chi connectivity index (χ1) is 10.4. The number of hydrogen-bond donors (Lipinski definition) is 1. The molecule has 108 valence electrons. The van der Waals surface area contributed by atoms with Gasteiger partial charge in [0.15, 0.2) is 0 Å². The van der Waals surface area contributed by atoms with Crippen molar-refractivity contribution in [1.29, 1.82) is 0 Å². The molecular formula is C19H22N2. The second kappa shape index (κ2) is 6.59. The number of aryl methyl sites for hydroxylation is 2. The fraction of sp³-hybridized carbons (Fsp3) is 0.263. The minimum Gasteiger partial charge on any atom is -0.347 e. The zero-order chi connectivity index (χ0) is 14.5. The van der Waals surface area contributed by atoms with Crippen molar-refractivity contribution in [2.45, 2.75) is 19.4 Å². The van der Waals surface area contributed by atoms with Crippen LogP contribution in [0.15, 0.2) is 60.8 Å². The van der Waals surface area contributed by atoms with Crippen molar-refractivity contribution >= 4 is 10.9 Å². The first-order valence-corrected chi connectivity index (χ1v) is 7.64. The van der Waals surface area contributed by atoms with Crippen molar-refractivity contribution in [1.82, 2.24) is 9.88 Å². The molecule has 3 aromatic rings. The van der Waals surface area contributed by atoms with E-state index in [1.807, 2.05) is 7.05 Å². The van der Waals surface area contributed by atoms with Crippen LogP contribution < -0.4 is 5.32 Å². The Bertz CT molecular complexity index is 698. The lowest BCUT2D eigenvalue weighted by Crippen LogP contribution is -2.10. The smallest absolute Gasteiger partial charge is 0.0483 e. The summed E-state index contributed by atoms with van der Waals surface area (Å²) in [5, 5.41) is 4.63. The summed E-state index contributed by atoms with van der Waals surface area (Å²) in [4.78, 5) is 0. The van der Waals surface area contributed by atoms with E-state index in [4.69, 9.17) is 0 Å². The third-order valence-corrected chi connectivity index (χ3v) is 4.00. The highest BCUT2D eigenvalue weighted by molar-refractivity contribution is 5.84. The average molecular weight is 278 g/mol. The van der Waals surface area contributed by atoms with Gasteiger partial charge in [-0.15, -0.1) is 0 Å². The monoisotopic (exact) mass is 278 g/mol. The number of aromatic nitrogens is 1. The van der Waals surface area contributed by atoms with Gasteiger partial charge < -0.3 is 9.88 Å². The molecular weight excluding hydrogens is 256 g/mol. The van der Waals surface area contributed by atoms with E-state index in [2.05, 4.69) is 70.7 Å². The lowest BCUT2D eigenvalue weighted by Gasteiger charge is -2.05. The maximum Gasteiger partial charge on any atom is 0.0483 e. The number of benzene rings is 2. The zero-order valence-electron chi connectivity index (χ0n) is 12.5. The van der Waals surface area contributed by atoms with Crippen molar-refractivity contribution in [2.75, 3.05) is 13.6 Å². The molecule has 0 spiro atoms. The molecule has 3 rings (SSSR count). The van der Waals surface area contributed by atoms with Gasteiger partial charge in [0.05, 0.1) is 0 Å².